The molecule has 0 radical (unpaired) electrons. The Kier molecular flexibility index (Phi) is 12.1. The average Bonchev–Trinajstić information content (AvgIpc) is 3.16. The molecule has 6 heteroatoms. The van der Waals surface area contributed by atoms with E-state index in [0.717, 1.165) is 38.6 Å². The first-order valence-corrected chi connectivity index (χ1v) is 10.7. The van der Waals surface area contributed by atoms with E-state index in [2.05, 4.69) is 65.7 Å². The number of aliphatic imine (C=N–C) groups is 1. The van der Waals surface area contributed by atoms with Crippen LogP contribution in [0.4, 0.5) is 0 Å². The topological polar surface area (TPSA) is 48.9 Å². The lowest BCUT2D eigenvalue weighted by atomic mass is 9.83. The van der Waals surface area contributed by atoms with Crippen molar-refractivity contribution in [2.45, 2.75) is 65.1 Å². The van der Waals surface area contributed by atoms with Gasteiger partial charge in [-0.15, -0.1) is 24.0 Å². The van der Waals surface area contributed by atoms with Crippen molar-refractivity contribution < 1.29 is 4.74 Å². The summed E-state index contributed by atoms with van der Waals surface area (Å²) in [7, 11) is 5.82. The van der Waals surface area contributed by atoms with Crippen molar-refractivity contribution >= 4 is 29.9 Å². The predicted molar refractivity (Wildman–Crippen MR) is 134 cm³/mol. The van der Waals surface area contributed by atoms with Gasteiger partial charge in [0.25, 0.3) is 0 Å². The third-order valence-corrected chi connectivity index (χ3v) is 6.22. The molecule has 0 unspecified atom stereocenters. The average molecular weight is 517 g/mol. The molecule has 2 N–H and O–H groups in total. The highest BCUT2D eigenvalue weighted by Gasteiger charge is 2.33. The fourth-order valence-electron chi connectivity index (χ4n) is 3.96. The van der Waals surface area contributed by atoms with Gasteiger partial charge in [0.2, 0.25) is 0 Å². The van der Waals surface area contributed by atoms with Crippen molar-refractivity contribution in [1.82, 2.24) is 15.5 Å². The van der Waals surface area contributed by atoms with E-state index in [1.165, 1.54) is 36.8 Å². The number of rotatable bonds is 10. The number of guanidine groups is 1. The Morgan fingerprint density at radius 1 is 1.17 bits per heavy atom. The molecule has 2 rings (SSSR count). The van der Waals surface area contributed by atoms with Gasteiger partial charge < -0.3 is 15.4 Å². The van der Waals surface area contributed by atoms with E-state index in [4.69, 9.17) is 4.74 Å². The highest BCUT2D eigenvalue weighted by Crippen LogP contribution is 2.40. The maximum absolute atomic E-state index is 5.35. The minimum absolute atomic E-state index is 0. The van der Waals surface area contributed by atoms with Crippen LogP contribution in [0.3, 0.4) is 0 Å². The maximum atomic E-state index is 5.35. The molecule has 166 valence electrons. The third kappa shape index (κ3) is 8.42. The van der Waals surface area contributed by atoms with E-state index in [1.54, 1.807) is 7.11 Å². The Balaban J connectivity index is 0.00000420. The van der Waals surface area contributed by atoms with E-state index < -0.39 is 0 Å². The monoisotopic (exact) mass is 516 g/mol. The lowest BCUT2D eigenvalue weighted by Crippen LogP contribution is -2.43. The molecule has 5 nitrogen and oxygen atoms in total. The molecule has 0 amide bonds. The molecular weight excluding hydrogens is 475 g/mol. The lowest BCUT2D eigenvalue weighted by molar-refractivity contribution is 0.138. The van der Waals surface area contributed by atoms with Crippen LogP contribution in [0.5, 0.6) is 0 Å². The number of nitrogens with one attached hydrogen (secondary N) is 2. The molecule has 0 spiro atoms. The molecule has 1 aromatic rings. The molecule has 0 saturated heterocycles. The van der Waals surface area contributed by atoms with E-state index in [1.807, 2.05) is 7.05 Å². The summed E-state index contributed by atoms with van der Waals surface area (Å²) in [6.45, 7) is 8.01. The van der Waals surface area contributed by atoms with Gasteiger partial charge in [0.15, 0.2) is 5.96 Å². The highest BCUT2D eigenvalue weighted by molar-refractivity contribution is 14.0. The van der Waals surface area contributed by atoms with Crippen molar-refractivity contribution in [3.05, 3.63) is 35.4 Å². The van der Waals surface area contributed by atoms with Crippen LogP contribution in [-0.4, -0.2) is 51.3 Å². The molecule has 1 fully saturated rings. The van der Waals surface area contributed by atoms with Gasteiger partial charge in [0, 0.05) is 46.4 Å². The second kappa shape index (κ2) is 13.4. The zero-order valence-corrected chi connectivity index (χ0v) is 21.3. The van der Waals surface area contributed by atoms with E-state index in [9.17, 15) is 0 Å². The van der Waals surface area contributed by atoms with E-state index >= 15 is 0 Å². The molecule has 1 aliphatic carbocycles. The summed E-state index contributed by atoms with van der Waals surface area (Å²) in [5, 5.41) is 7.10. The fraction of sp³-hybridized carbons (Fsp3) is 0.696. The Morgan fingerprint density at radius 3 is 2.41 bits per heavy atom. The quantitative estimate of drug-likeness (QED) is 0.275. The van der Waals surface area contributed by atoms with Crippen molar-refractivity contribution in [3.63, 3.8) is 0 Å². The Labute approximate surface area is 195 Å². The van der Waals surface area contributed by atoms with Crippen LogP contribution in [0.2, 0.25) is 0 Å². The summed E-state index contributed by atoms with van der Waals surface area (Å²) in [6, 6.07) is 9.21. The van der Waals surface area contributed by atoms with Crippen LogP contribution < -0.4 is 10.6 Å². The highest BCUT2D eigenvalue weighted by atomic mass is 127. The first-order valence-electron chi connectivity index (χ1n) is 10.7. The van der Waals surface area contributed by atoms with Gasteiger partial charge >= 0.3 is 0 Å². The summed E-state index contributed by atoms with van der Waals surface area (Å²) in [4.78, 5) is 6.81. The minimum Gasteiger partial charge on any atom is -0.385 e. The second-order valence-corrected chi connectivity index (χ2v) is 8.51. The standard InChI is InChI=1S/C23H40N4O.HI/c1-19(2)27(4)17-21-11-7-6-10-20(21)16-25-22(24-3)26-18-23(14-15-28-5)12-8-9-13-23;/h6-7,10-11,19H,8-9,12-18H2,1-5H3,(H2,24,25,26);1H. The van der Waals surface area contributed by atoms with Gasteiger partial charge in [-0.1, -0.05) is 37.1 Å². The predicted octanol–water partition coefficient (Wildman–Crippen LogP) is 4.41. The number of halogens is 1. The van der Waals surface area contributed by atoms with Gasteiger partial charge in [0.05, 0.1) is 0 Å². The Hall–Kier alpha value is -0.860. The number of methoxy groups -OCH3 is 1. The number of benzene rings is 1. The number of nitrogens with zero attached hydrogens (tertiary/aromatic N) is 2. The zero-order chi connectivity index (χ0) is 20.4. The number of hydrogen-bond donors (Lipinski definition) is 2. The zero-order valence-electron chi connectivity index (χ0n) is 19.0. The molecule has 0 aromatic heterocycles. The molecule has 1 aliphatic rings. The Morgan fingerprint density at radius 2 is 1.83 bits per heavy atom. The first-order chi connectivity index (χ1) is 13.5. The molecule has 0 heterocycles. The van der Waals surface area contributed by atoms with Crippen LogP contribution in [0.15, 0.2) is 29.3 Å². The Bertz CT molecular complexity index is 615. The third-order valence-electron chi connectivity index (χ3n) is 6.22. The molecule has 0 atom stereocenters. The minimum atomic E-state index is 0. The first kappa shape index (κ1) is 26.2. The fourth-order valence-corrected chi connectivity index (χ4v) is 3.96. The van der Waals surface area contributed by atoms with Gasteiger partial charge in [-0.2, -0.15) is 0 Å². The normalized spacial score (nSPS) is 16.2. The van der Waals surface area contributed by atoms with Gasteiger partial charge in [0.1, 0.15) is 0 Å². The smallest absolute Gasteiger partial charge is 0.191 e. The molecule has 0 bridgehead atoms. The van der Waals surface area contributed by atoms with Gasteiger partial charge in [-0.05, 0) is 56.7 Å². The van der Waals surface area contributed by atoms with Crippen LogP contribution >= 0.6 is 24.0 Å². The molecular formula is C23H41IN4O. The molecule has 1 aromatic carbocycles. The number of ether oxygens (including phenoxy) is 1. The van der Waals surface area contributed by atoms with E-state index in [-0.39, 0.29) is 24.0 Å². The van der Waals surface area contributed by atoms with Crippen molar-refractivity contribution in [2.75, 3.05) is 34.4 Å². The van der Waals surface area contributed by atoms with Crippen LogP contribution in [0.1, 0.15) is 57.1 Å². The maximum Gasteiger partial charge on any atom is 0.191 e. The molecule has 29 heavy (non-hydrogen) atoms. The molecule has 0 aliphatic heterocycles. The largest absolute Gasteiger partial charge is 0.385 e. The van der Waals surface area contributed by atoms with Crippen LogP contribution in [0, 0.1) is 5.41 Å². The van der Waals surface area contributed by atoms with Crippen molar-refractivity contribution in [3.8, 4) is 0 Å². The van der Waals surface area contributed by atoms with Gasteiger partial charge in [-0.25, -0.2) is 0 Å². The number of hydrogen-bond acceptors (Lipinski definition) is 3. The van der Waals surface area contributed by atoms with Gasteiger partial charge in [-0.3, -0.25) is 9.89 Å². The van der Waals surface area contributed by atoms with Crippen LogP contribution in [0.25, 0.3) is 0 Å². The summed E-state index contributed by atoms with van der Waals surface area (Å²) >= 11 is 0. The second-order valence-electron chi connectivity index (χ2n) is 8.51. The van der Waals surface area contributed by atoms with E-state index in [0.29, 0.717) is 11.5 Å². The van der Waals surface area contributed by atoms with Crippen molar-refractivity contribution in [1.29, 1.82) is 0 Å². The summed E-state index contributed by atoms with van der Waals surface area (Å²) in [5.74, 6) is 0.885. The summed E-state index contributed by atoms with van der Waals surface area (Å²) in [6.07, 6.45) is 6.34. The summed E-state index contributed by atoms with van der Waals surface area (Å²) in [5.41, 5.74) is 3.05. The lowest BCUT2D eigenvalue weighted by Gasteiger charge is -2.30. The SMILES string of the molecule is CN=C(NCc1ccccc1CN(C)C(C)C)NCC1(CCOC)CCCC1.I. The molecule has 1 saturated carbocycles. The van der Waals surface area contributed by atoms with Crippen molar-refractivity contribution in [2.24, 2.45) is 10.4 Å². The summed E-state index contributed by atoms with van der Waals surface area (Å²) < 4.78 is 5.35. The van der Waals surface area contributed by atoms with Crippen LogP contribution in [-0.2, 0) is 17.8 Å².